The summed E-state index contributed by atoms with van der Waals surface area (Å²) in [7, 11) is -1.32. The third-order valence-corrected chi connectivity index (χ3v) is 11.5. The maximum atomic E-state index is 2.43. The van der Waals surface area contributed by atoms with Gasteiger partial charge in [0.15, 0.2) is 0 Å². The molecule has 2 rings (SSSR count). The molecule has 0 N–H and O–H groups in total. The minimum absolute atomic E-state index is 1.32. The van der Waals surface area contributed by atoms with E-state index in [2.05, 4.69) is 74.5 Å². The molecule has 0 spiro atoms. The minimum Gasteiger partial charge on any atom is -0.0654 e. The van der Waals surface area contributed by atoms with Gasteiger partial charge in [-0.25, -0.2) is 0 Å². The maximum Gasteiger partial charge on any atom is 0.0991 e. The van der Waals surface area contributed by atoms with Crippen molar-refractivity contribution in [3.63, 3.8) is 0 Å². The topological polar surface area (TPSA) is 0 Å². The predicted molar refractivity (Wildman–Crippen MR) is 145 cm³/mol. The molecule has 2 aromatic rings. The van der Waals surface area contributed by atoms with E-state index in [0.717, 1.165) is 0 Å². The standard InChI is InChI=1S/C30H48P/c1-3-5-7-9-11-13-21-27-31(29-23-17-15-18-24-29,30-25-19-16-20-26-30)28-22-14-12-10-8-6-4-2/h15-20,23-26H,3-14,21-22,27-28H2,1-2H3/q+1. The van der Waals surface area contributed by atoms with Crippen molar-refractivity contribution in [1.82, 2.24) is 0 Å². The van der Waals surface area contributed by atoms with Crippen LogP contribution in [0.4, 0.5) is 0 Å². The van der Waals surface area contributed by atoms with Crippen molar-refractivity contribution in [3.05, 3.63) is 60.7 Å². The van der Waals surface area contributed by atoms with Crippen LogP contribution >= 0.6 is 7.26 Å². The van der Waals surface area contributed by atoms with Crippen molar-refractivity contribution in [2.24, 2.45) is 0 Å². The zero-order valence-corrected chi connectivity index (χ0v) is 21.4. The van der Waals surface area contributed by atoms with Gasteiger partial charge in [0.1, 0.15) is 0 Å². The molecule has 0 aliphatic heterocycles. The Hall–Kier alpha value is -1.13. The van der Waals surface area contributed by atoms with Crippen LogP contribution < -0.4 is 10.6 Å². The van der Waals surface area contributed by atoms with Crippen molar-refractivity contribution >= 4 is 17.9 Å². The second kappa shape index (κ2) is 16.5. The lowest BCUT2D eigenvalue weighted by Crippen LogP contribution is -2.27. The van der Waals surface area contributed by atoms with Gasteiger partial charge < -0.3 is 0 Å². The SMILES string of the molecule is CCCCCCCCC[P+](CCCCCCCCC)(c1ccccc1)c1ccccc1. The van der Waals surface area contributed by atoms with Crippen LogP contribution in [0.5, 0.6) is 0 Å². The second-order valence-electron chi connectivity index (χ2n) is 9.33. The highest BCUT2D eigenvalue weighted by atomic mass is 31.2. The van der Waals surface area contributed by atoms with E-state index in [9.17, 15) is 0 Å². The largest absolute Gasteiger partial charge is 0.0991 e. The van der Waals surface area contributed by atoms with Gasteiger partial charge in [0.2, 0.25) is 0 Å². The Kier molecular flexibility index (Phi) is 13.9. The molecule has 0 radical (unpaired) electrons. The summed E-state index contributed by atoms with van der Waals surface area (Å²) in [5.41, 5.74) is 0. The number of hydrogen-bond acceptors (Lipinski definition) is 0. The molecular formula is C30H48P+. The summed E-state index contributed by atoms with van der Waals surface area (Å²) in [4.78, 5) is 0. The molecule has 0 aliphatic rings. The minimum atomic E-state index is -1.32. The molecule has 0 amide bonds. The van der Waals surface area contributed by atoms with Gasteiger partial charge in [0, 0.05) is 0 Å². The highest BCUT2D eigenvalue weighted by Crippen LogP contribution is 2.57. The van der Waals surface area contributed by atoms with Gasteiger partial charge in [-0.15, -0.1) is 0 Å². The average Bonchev–Trinajstić information content (AvgIpc) is 2.83. The predicted octanol–water partition coefficient (Wildman–Crippen LogP) is 9.16. The van der Waals surface area contributed by atoms with Gasteiger partial charge in [0.05, 0.1) is 30.2 Å². The number of benzene rings is 2. The van der Waals surface area contributed by atoms with Crippen LogP contribution in [0.3, 0.4) is 0 Å². The third kappa shape index (κ3) is 9.49. The Bertz CT molecular complexity index is 589. The number of rotatable bonds is 18. The van der Waals surface area contributed by atoms with Gasteiger partial charge in [0.25, 0.3) is 0 Å². The maximum absolute atomic E-state index is 2.43. The highest BCUT2D eigenvalue weighted by Gasteiger charge is 2.41. The molecule has 2 aromatic carbocycles. The lowest BCUT2D eigenvalue weighted by atomic mass is 10.1. The van der Waals surface area contributed by atoms with E-state index in [1.807, 2.05) is 0 Å². The molecule has 1 heteroatoms. The molecule has 0 aliphatic carbocycles. The van der Waals surface area contributed by atoms with Crippen LogP contribution in [0.2, 0.25) is 0 Å². The summed E-state index contributed by atoms with van der Waals surface area (Å²) in [5.74, 6) is 0. The molecule has 0 fully saturated rings. The molecule has 0 saturated heterocycles. The summed E-state index contributed by atoms with van der Waals surface area (Å²) < 4.78 is 0. The van der Waals surface area contributed by atoms with Gasteiger partial charge in [-0.1, -0.05) is 114 Å². The van der Waals surface area contributed by atoms with Crippen LogP contribution in [0.15, 0.2) is 60.7 Å². The molecule has 0 saturated carbocycles. The highest BCUT2D eigenvalue weighted by molar-refractivity contribution is 7.89. The average molecular weight is 440 g/mol. The van der Waals surface area contributed by atoms with Gasteiger partial charge in [-0.2, -0.15) is 0 Å². The van der Waals surface area contributed by atoms with E-state index in [1.54, 1.807) is 10.6 Å². The summed E-state index contributed by atoms with van der Waals surface area (Å²) in [6, 6.07) is 23.2. The first-order chi connectivity index (χ1) is 15.3. The van der Waals surface area contributed by atoms with E-state index in [-0.39, 0.29) is 0 Å². The summed E-state index contributed by atoms with van der Waals surface area (Å²) in [6.45, 7) is 4.62. The third-order valence-electron chi connectivity index (χ3n) is 6.79. The Labute approximate surface area is 194 Å². The zero-order chi connectivity index (χ0) is 22.0. The van der Waals surface area contributed by atoms with Gasteiger partial charge in [-0.05, 0) is 49.9 Å². The van der Waals surface area contributed by atoms with Crippen molar-refractivity contribution < 1.29 is 0 Å². The van der Waals surface area contributed by atoms with Crippen LogP contribution in [-0.2, 0) is 0 Å². The Morgan fingerprint density at radius 1 is 0.419 bits per heavy atom. The van der Waals surface area contributed by atoms with Crippen LogP contribution in [0.1, 0.15) is 104 Å². The normalized spacial score (nSPS) is 11.7. The molecule has 0 bridgehead atoms. The summed E-state index contributed by atoms with van der Waals surface area (Å²) in [6.07, 6.45) is 22.4. The quantitative estimate of drug-likeness (QED) is 0.160. The van der Waals surface area contributed by atoms with E-state index in [1.165, 1.54) is 102 Å². The molecule has 0 nitrogen and oxygen atoms in total. The molecule has 0 unspecified atom stereocenters. The Balaban J connectivity index is 2.06. The first-order valence-electron chi connectivity index (χ1n) is 13.3. The van der Waals surface area contributed by atoms with Crippen molar-refractivity contribution in [1.29, 1.82) is 0 Å². The fourth-order valence-corrected chi connectivity index (χ4v) is 9.45. The van der Waals surface area contributed by atoms with Gasteiger partial charge in [-0.3, -0.25) is 0 Å². The second-order valence-corrected chi connectivity index (χ2v) is 13.2. The Morgan fingerprint density at radius 3 is 1.10 bits per heavy atom. The van der Waals surface area contributed by atoms with Crippen molar-refractivity contribution in [3.8, 4) is 0 Å². The van der Waals surface area contributed by atoms with E-state index >= 15 is 0 Å². The van der Waals surface area contributed by atoms with Crippen LogP contribution in [0, 0.1) is 0 Å². The zero-order valence-electron chi connectivity index (χ0n) is 20.5. The van der Waals surface area contributed by atoms with Gasteiger partial charge >= 0.3 is 0 Å². The molecule has 0 aromatic heterocycles. The monoisotopic (exact) mass is 439 g/mol. The lowest BCUT2D eigenvalue weighted by molar-refractivity contribution is 0.600. The van der Waals surface area contributed by atoms with Crippen LogP contribution in [-0.4, -0.2) is 12.3 Å². The van der Waals surface area contributed by atoms with Crippen molar-refractivity contribution in [2.75, 3.05) is 12.3 Å². The fourth-order valence-electron chi connectivity index (χ4n) is 4.88. The fraction of sp³-hybridized carbons (Fsp3) is 0.600. The summed E-state index contributed by atoms with van der Waals surface area (Å²) in [5, 5.41) is 3.27. The Morgan fingerprint density at radius 2 is 0.742 bits per heavy atom. The first kappa shape index (κ1) is 26.1. The molecular weight excluding hydrogens is 391 g/mol. The smallest absolute Gasteiger partial charge is 0.0654 e. The molecule has 0 heterocycles. The summed E-state index contributed by atoms with van der Waals surface area (Å²) >= 11 is 0. The van der Waals surface area contributed by atoms with E-state index in [4.69, 9.17) is 0 Å². The number of hydrogen-bond donors (Lipinski definition) is 0. The molecule has 31 heavy (non-hydrogen) atoms. The molecule has 0 atom stereocenters. The van der Waals surface area contributed by atoms with E-state index in [0.29, 0.717) is 0 Å². The lowest BCUT2D eigenvalue weighted by Gasteiger charge is -2.28. The van der Waals surface area contributed by atoms with E-state index < -0.39 is 7.26 Å². The molecule has 172 valence electrons. The van der Waals surface area contributed by atoms with Crippen molar-refractivity contribution in [2.45, 2.75) is 104 Å². The first-order valence-corrected chi connectivity index (χ1v) is 15.5. The number of unbranched alkanes of at least 4 members (excludes halogenated alkanes) is 12. The van der Waals surface area contributed by atoms with Crippen LogP contribution in [0.25, 0.3) is 0 Å².